The first kappa shape index (κ1) is 16.2. The lowest BCUT2D eigenvalue weighted by atomic mass is 10.2. The Bertz CT molecular complexity index is 193. The molecule has 4 nitrogen and oxygen atoms in total. The zero-order valence-electron chi connectivity index (χ0n) is 11.9. The van der Waals surface area contributed by atoms with Crippen molar-refractivity contribution in [3.05, 3.63) is 0 Å². The zero-order chi connectivity index (χ0) is 13.1. The second-order valence-electron chi connectivity index (χ2n) is 4.47. The summed E-state index contributed by atoms with van der Waals surface area (Å²) in [5, 5.41) is 5.78. The summed E-state index contributed by atoms with van der Waals surface area (Å²) < 4.78 is 0. The number of nitrogens with zero attached hydrogens (tertiary/aromatic N) is 1. The van der Waals surface area contributed by atoms with E-state index in [4.69, 9.17) is 0 Å². The van der Waals surface area contributed by atoms with Crippen LogP contribution in [0.5, 0.6) is 0 Å². The number of hydrogen-bond donors (Lipinski definition) is 2. The number of carbonyl (C=O) groups is 1. The molecule has 0 fully saturated rings. The van der Waals surface area contributed by atoms with Crippen LogP contribution in [-0.2, 0) is 0 Å². The van der Waals surface area contributed by atoms with E-state index < -0.39 is 0 Å². The van der Waals surface area contributed by atoms with E-state index in [9.17, 15) is 4.79 Å². The molecule has 0 bridgehead atoms. The van der Waals surface area contributed by atoms with Crippen LogP contribution in [0, 0.1) is 0 Å². The van der Waals surface area contributed by atoms with Gasteiger partial charge in [-0.3, -0.25) is 0 Å². The maximum absolute atomic E-state index is 11.4. The van der Waals surface area contributed by atoms with E-state index in [-0.39, 0.29) is 12.1 Å². The lowest BCUT2D eigenvalue weighted by Crippen LogP contribution is -2.41. The number of rotatable bonds is 9. The molecule has 1 unspecified atom stereocenters. The summed E-state index contributed by atoms with van der Waals surface area (Å²) in [6.45, 7) is 12.6. The average molecular weight is 243 g/mol. The zero-order valence-corrected chi connectivity index (χ0v) is 11.9. The van der Waals surface area contributed by atoms with Gasteiger partial charge in [0.1, 0.15) is 0 Å². The first-order valence-electron chi connectivity index (χ1n) is 6.90. The maximum Gasteiger partial charge on any atom is 0.314 e. The Balaban J connectivity index is 3.58. The highest BCUT2D eigenvalue weighted by atomic mass is 16.2. The maximum atomic E-state index is 11.4. The minimum Gasteiger partial charge on any atom is -0.338 e. The van der Waals surface area contributed by atoms with Crippen LogP contribution in [0.4, 0.5) is 4.79 Å². The number of carbonyl (C=O) groups excluding carboxylic acids is 1. The van der Waals surface area contributed by atoms with E-state index in [1.165, 1.54) is 0 Å². The Hall–Kier alpha value is -0.770. The summed E-state index contributed by atoms with van der Waals surface area (Å²) in [5.41, 5.74) is 0. The van der Waals surface area contributed by atoms with Crippen molar-refractivity contribution in [3.8, 4) is 0 Å². The number of nitrogens with one attached hydrogen (secondary N) is 2. The van der Waals surface area contributed by atoms with Crippen molar-refractivity contribution in [3.63, 3.8) is 0 Å². The van der Waals surface area contributed by atoms with Gasteiger partial charge in [0.15, 0.2) is 0 Å². The van der Waals surface area contributed by atoms with E-state index in [0.717, 1.165) is 45.4 Å². The topological polar surface area (TPSA) is 44.4 Å². The highest BCUT2D eigenvalue weighted by molar-refractivity contribution is 5.74. The number of urea groups is 1. The molecule has 0 saturated carbocycles. The van der Waals surface area contributed by atoms with Crippen molar-refractivity contribution in [1.82, 2.24) is 15.5 Å². The molecule has 0 aliphatic rings. The Labute approximate surface area is 106 Å². The summed E-state index contributed by atoms with van der Waals surface area (Å²) in [7, 11) is 0. The van der Waals surface area contributed by atoms with Crippen LogP contribution in [-0.4, -0.2) is 43.2 Å². The molecular weight excluding hydrogens is 214 g/mol. The first-order chi connectivity index (χ1) is 8.13. The summed E-state index contributed by atoms with van der Waals surface area (Å²) in [5.74, 6) is 0. The number of amides is 2. The Morgan fingerprint density at radius 2 is 1.88 bits per heavy atom. The molecule has 102 valence electrons. The predicted molar refractivity (Wildman–Crippen MR) is 73.3 cm³/mol. The molecule has 0 spiro atoms. The highest BCUT2D eigenvalue weighted by Crippen LogP contribution is 1.99. The van der Waals surface area contributed by atoms with Crippen LogP contribution < -0.4 is 10.6 Å². The van der Waals surface area contributed by atoms with Gasteiger partial charge in [-0.15, -0.1) is 0 Å². The molecule has 2 N–H and O–H groups in total. The van der Waals surface area contributed by atoms with Crippen LogP contribution in [0.25, 0.3) is 0 Å². The van der Waals surface area contributed by atoms with E-state index in [1.54, 1.807) is 0 Å². The molecule has 4 heteroatoms. The quantitative estimate of drug-likeness (QED) is 0.652. The first-order valence-corrected chi connectivity index (χ1v) is 6.90. The molecule has 0 aromatic rings. The third-order valence-electron chi connectivity index (χ3n) is 2.92. The molecule has 0 aliphatic heterocycles. The normalized spacial score (nSPS) is 12.5. The lowest BCUT2D eigenvalue weighted by molar-refractivity contribution is 0.235. The Morgan fingerprint density at radius 3 is 2.41 bits per heavy atom. The Morgan fingerprint density at radius 1 is 1.24 bits per heavy atom. The standard InChI is InChI=1S/C13H29N3O/c1-5-10-14-13(17)15-12(4)9-8-11-16(6-2)7-3/h12H,5-11H2,1-4H3,(H2,14,15,17). The third-order valence-corrected chi connectivity index (χ3v) is 2.92. The summed E-state index contributed by atoms with van der Waals surface area (Å²) in [4.78, 5) is 13.8. The van der Waals surface area contributed by atoms with E-state index in [1.807, 2.05) is 6.92 Å². The van der Waals surface area contributed by atoms with Gasteiger partial charge in [-0.25, -0.2) is 4.79 Å². The van der Waals surface area contributed by atoms with Gasteiger partial charge in [-0.1, -0.05) is 20.8 Å². The van der Waals surface area contributed by atoms with Gasteiger partial charge >= 0.3 is 6.03 Å². The van der Waals surface area contributed by atoms with Crippen LogP contribution in [0.15, 0.2) is 0 Å². The highest BCUT2D eigenvalue weighted by Gasteiger charge is 2.06. The lowest BCUT2D eigenvalue weighted by Gasteiger charge is -2.19. The van der Waals surface area contributed by atoms with Crippen molar-refractivity contribution in [1.29, 1.82) is 0 Å². The van der Waals surface area contributed by atoms with Crippen molar-refractivity contribution < 1.29 is 4.79 Å². The second kappa shape index (κ2) is 10.4. The van der Waals surface area contributed by atoms with E-state index >= 15 is 0 Å². The largest absolute Gasteiger partial charge is 0.338 e. The van der Waals surface area contributed by atoms with E-state index in [2.05, 4.69) is 36.3 Å². The molecule has 0 rings (SSSR count). The van der Waals surface area contributed by atoms with Gasteiger partial charge in [0, 0.05) is 12.6 Å². The monoisotopic (exact) mass is 243 g/mol. The fourth-order valence-electron chi connectivity index (χ4n) is 1.75. The van der Waals surface area contributed by atoms with Crippen LogP contribution >= 0.6 is 0 Å². The summed E-state index contributed by atoms with van der Waals surface area (Å²) in [6.07, 6.45) is 3.15. The van der Waals surface area contributed by atoms with Gasteiger partial charge < -0.3 is 15.5 Å². The molecule has 0 aromatic carbocycles. The summed E-state index contributed by atoms with van der Waals surface area (Å²) >= 11 is 0. The minimum atomic E-state index is -0.0396. The van der Waals surface area contributed by atoms with Crippen molar-refractivity contribution in [2.24, 2.45) is 0 Å². The van der Waals surface area contributed by atoms with Crippen LogP contribution in [0.3, 0.4) is 0 Å². The molecule has 2 amide bonds. The SMILES string of the molecule is CCCNC(=O)NC(C)CCCN(CC)CC. The predicted octanol–water partition coefficient (Wildman–Crippen LogP) is 2.21. The molecular formula is C13H29N3O. The minimum absolute atomic E-state index is 0.0396. The fourth-order valence-corrected chi connectivity index (χ4v) is 1.75. The molecule has 1 atom stereocenters. The van der Waals surface area contributed by atoms with Crippen LogP contribution in [0.2, 0.25) is 0 Å². The second-order valence-corrected chi connectivity index (χ2v) is 4.47. The van der Waals surface area contributed by atoms with E-state index in [0.29, 0.717) is 0 Å². The molecule has 0 heterocycles. The van der Waals surface area contributed by atoms with Crippen molar-refractivity contribution in [2.45, 2.75) is 53.0 Å². The fraction of sp³-hybridized carbons (Fsp3) is 0.923. The summed E-state index contributed by atoms with van der Waals surface area (Å²) in [6, 6.07) is 0.213. The van der Waals surface area contributed by atoms with Crippen molar-refractivity contribution in [2.75, 3.05) is 26.2 Å². The average Bonchev–Trinajstić information content (AvgIpc) is 2.32. The molecule has 17 heavy (non-hydrogen) atoms. The number of hydrogen-bond acceptors (Lipinski definition) is 2. The van der Waals surface area contributed by atoms with Gasteiger partial charge in [-0.2, -0.15) is 0 Å². The van der Waals surface area contributed by atoms with Crippen molar-refractivity contribution >= 4 is 6.03 Å². The molecule has 0 radical (unpaired) electrons. The smallest absolute Gasteiger partial charge is 0.314 e. The molecule has 0 aromatic heterocycles. The van der Waals surface area contributed by atoms with Crippen LogP contribution in [0.1, 0.15) is 47.0 Å². The van der Waals surface area contributed by atoms with Gasteiger partial charge in [-0.05, 0) is 45.8 Å². The van der Waals surface area contributed by atoms with Gasteiger partial charge in [0.2, 0.25) is 0 Å². The molecule has 0 saturated heterocycles. The van der Waals surface area contributed by atoms with Gasteiger partial charge in [0.25, 0.3) is 0 Å². The van der Waals surface area contributed by atoms with Gasteiger partial charge in [0.05, 0.1) is 0 Å². The third kappa shape index (κ3) is 8.98. The molecule has 0 aliphatic carbocycles. The Kier molecular flexibility index (Phi) is 9.92.